The summed E-state index contributed by atoms with van der Waals surface area (Å²) >= 11 is 0. The summed E-state index contributed by atoms with van der Waals surface area (Å²) in [7, 11) is -4.04. The van der Waals surface area contributed by atoms with E-state index in [2.05, 4.69) is 4.72 Å². The summed E-state index contributed by atoms with van der Waals surface area (Å²) in [6.45, 7) is 5.60. The number of nitrogens with two attached hydrogens (primary N) is 1. The highest BCUT2D eigenvalue weighted by atomic mass is 32.2. The fourth-order valence-electron chi connectivity index (χ4n) is 1.15. The number of hydrogen-bond donors (Lipinski definition) is 2. The van der Waals surface area contributed by atoms with Crippen molar-refractivity contribution in [3.63, 3.8) is 0 Å². The van der Waals surface area contributed by atoms with Crippen LogP contribution in [0.3, 0.4) is 0 Å². The summed E-state index contributed by atoms with van der Waals surface area (Å²) in [4.78, 5) is -0.648. The van der Waals surface area contributed by atoms with Crippen LogP contribution in [0, 0.1) is 17.0 Å². The van der Waals surface area contributed by atoms with E-state index in [9.17, 15) is 17.2 Å². The summed E-state index contributed by atoms with van der Waals surface area (Å²) in [6, 6.07) is 1.68. The van der Waals surface area contributed by atoms with Crippen LogP contribution < -0.4 is 10.5 Å². The number of hydrogen-bond acceptors (Lipinski definition) is 3. The quantitative estimate of drug-likeness (QED) is 0.829. The molecule has 1 rings (SSSR count). The van der Waals surface area contributed by atoms with Crippen molar-refractivity contribution < 1.29 is 17.2 Å². The molecule has 3 N–H and O–H groups in total. The molecule has 1 aromatic carbocycles. The van der Waals surface area contributed by atoms with Gasteiger partial charge in [-0.15, -0.1) is 0 Å². The number of nitrogen functional groups attached to an aromatic ring is 1. The first kappa shape index (κ1) is 14.8. The number of anilines is 1. The molecule has 0 fully saturated rings. The number of nitrogens with one attached hydrogen (secondary N) is 1. The fourth-order valence-corrected chi connectivity index (χ4v) is 2.52. The molecule has 4 nitrogen and oxygen atoms in total. The molecular formula is C11H16F2N2O2S. The lowest BCUT2D eigenvalue weighted by atomic mass is 9.98. The SMILES string of the molecule is CC(C)(C)CNS(=O)(=O)c1ccc(F)c(N)c1F. The van der Waals surface area contributed by atoms with E-state index in [-0.39, 0.29) is 12.0 Å². The van der Waals surface area contributed by atoms with E-state index in [1.807, 2.05) is 20.8 Å². The van der Waals surface area contributed by atoms with E-state index in [0.717, 1.165) is 12.1 Å². The lowest BCUT2D eigenvalue weighted by Crippen LogP contribution is -2.33. The van der Waals surface area contributed by atoms with E-state index in [4.69, 9.17) is 5.73 Å². The van der Waals surface area contributed by atoms with Crippen LogP contribution in [0.15, 0.2) is 17.0 Å². The van der Waals surface area contributed by atoms with Crippen LogP contribution in [0.1, 0.15) is 20.8 Å². The van der Waals surface area contributed by atoms with Gasteiger partial charge in [0.2, 0.25) is 10.0 Å². The number of halogens is 2. The maximum Gasteiger partial charge on any atom is 0.243 e. The maximum atomic E-state index is 13.6. The Labute approximate surface area is 105 Å². The van der Waals surface area contributed by atoms with Gasteiger partial charge in [-0.1, -0.05) is 20.8 Å². The fraction of sp³-hybridized carbons (Fsp3) is 0.455. The number of benzene rings is 1. The average Bonchev–Trinajstić information content (AvgIpc) is 2.22. The first-order valence-corrected chi connectivity index (χ1v) is 6.76. The van der Waals surface area contributed by atoms with Crippen molar-refractivity contribution in [2.24, 2.45) is 5.41 Å². The molecule has 102 valence electrons. The molecule has 0 radical (unpaired) electrons. The topological polar surface area (TPSA) is 72.2 Å². The predicted octanol–water partition coefficient (Wildman–Crippen LogP) is 1.87. The molecule has 0 saturated carbocycles. The second kappa shape index (κ2) is 4.81. The molecule has 0 unspecified atom stereocenters. The van der Waals surface area contributed by atoms with Crippen LogP contribution in [0.5, 0.6) is 0 Å². The van der Waals surface area contributed by atoms with Gasteiger partial charge in [-0.2, -0.15) is 0 Å². The lowest BCUT2D eigenvalue weighted by molar-refractivity contribution is 0.407. The third-order valence-electron chi connectivity index (χ3n) is 2.17. The molecule has 18 heavy (non-hydrogen) atoms. The zero-order valence-electron chi connectivity index (χ0n) is 10.4. The van der Waals surface area contributed by atoms with Crippen molar-refractivity contribution in [2.75, 3.05) is 12.3 Å². The molecule has 1 aromatic rings. The summed E-state index contributed by atoms with van der Waals surface area (Å²) in [5.41, 5.74) is 4.03. The van der Waals surface area contributed by atoms with Gasteiger partial charge in [-0.05, 0) is 17.5 Å². The standard InChI is InChI=1S/C11H16F2N2O2S/c1-11(2,3)6-15-18(16,17)8-5-4-7(12)10(14)9(8)13/h4-5,15H,6,14H2,1-3H3. The van der Waals surface area contributed by atoms with Crippen molar-refractivity contribution >= 4 is 15.7 Å². The van der Waals surface area contributed by atoms with E-state index >= 15 is 0 Å². The second-order valence-electron chi connectivity index (χ2n) is 5.16. The third-order valence-corrected chi connectivity index (χ3v) is 3.59. The molecule has 0 aromatic heterocycles. The van der Waals surface area contributed by atoms with Crippen molar-refractivity contribution in [3.8, 4) is 0 Å². The van der Waals surface area contributed by atoms with E-state index in [1.165, 1.54) is 0 Å². The van der Waals surface area contributed by atoms with Crippen LogP contribution in [0.25, 0.3) is 0 Å². The van der Waals surface area contributed by atoms with E-state index in [1.54, 1.807) is 0 Å². The highest BCUT2D eigenvalue weighted by Gasteiger charge is 2.24. The van der Waals surface area contributed by atoms with Crippen LogP contribution in [0.2, 0.25) is 0 Å². The van der Waals surface area contributed by atoms with Crippen molar-refractivity contribution in [3.05, 3.63) is 23.8 Å². The molecule has 0 heterocycles. The zero-order valence-corrected chi connectivity index (χ0v) is 11.2. The molecule has 7 heteroatoms. The van der Waals surface area contributed by atoms with Gasteiger partial charge in [0.1, 0.15) is 16.4 Å². The Morgan fingerprint density at radius 3 is 2.33 bits per heavy atom. The average molecular weight is 278 g/mol. The Bertz CT molecular complexity index is 551. The Morgan fingerprint density at radius 2 is 1.83 bits per heavy atom. The Balaban J connectivity index is 3.11. The van der Waals surface area contributed by atoms with Gasteiger partial charge in [0.05, 0.1) is 0 Å². The number of rotatable bonds is 3. The van der Waals surface area contributed by atoms with Crippen LogP contribution in [-0.4, -0.2) is 15.0 Å². The lowest BCUT2D eigenvalue weighted by Gasteiger charge is -2.19. The van der Waals surface area contributed by atoms with E-state index < -0.39 is 32.2 Å². The Hall–Kier alpha value is -1.21. The first-order chi connectivity index (χ1) is 8.04. The van der Waals surface area contributed by atoms with Crippen molar-refractivity contribution in [2.45, 2.75) is 25.7 Å². The Morgan fingerprint density at radius 1 is 1.28 bits per heavy atom. The van der Waals surface area contributed by atoms with Gasteiger partial charge in [-0.25, -0.2) is 21.9 Å². The summed E-state index contributed by atoms with van der Waals surface area (Å²) in [5, 5.41) is 0. The molecule has 0 aliphatic carbocycles. The van der Waals surface area contributed by atoms with Crippen LogP contribution in [0.4, 0.5) is 14.5 Å². The van der Waals surface area contributed by atoms with Gasteiger partial charge < -0.3 is 5.73 Å². The minimum Gasteiger partial charge on any atom is -0.394 e. The molecule has 0 bridgehead atoms. The molecule has 0 atom stereocenters. The zero-order chi connectivity index (χ0) is 14.1. The van der Waals surface area contributed by atoms with Gasteiger partial charge in [0.25, 0.3) is 0 Å². The maximum absolute atomic E-state index is 13.6. The van der Waals surface area contributed by atoms with Gasteiger partial charge in [0.15, 0.2) is 5.82 Å². The largest absolute Gasteiger partial charge is 0.394 e. The van der Waals surface area contributed by atoms with Crippen molar-refractivity contribution in [1.82, 2.24) is 4.72 Å². The van der Waals surface area contributed by atoms with Gasteiger partial charge >= 0.3 is 0 Å². The van der Waals surface area contributed by atoms with Gasteiger partial charge in [0, 0.05) is 6.54 Å². The summed E-state index contributed by atoms with van der Waals surface area (Å²) in [5.74, 6) is -2.25. The minimum atomic E-state index is -4.04. The predicted molar refractivity (Wildman–Crippen MR) is 65.4 cm³/mol. The van der Waals surface area contributed by atoms with E-state index in [0.29, 0.717) is 0 Å². The van der Waals surface area contributed by atoms with Crippen LogP contribution in [-0.2, 0) is 10.0 Å². The summed E-state index contributed by atoms with van der Waals surface area (Å²) in [6.07, 6.45) is 0. The first-order valence-electron chi connectivity index (χ1n) is 5.28. The normalized spacial score (nSPS) is 12.7. The highest BCUT2D eigenvalue weighted by molar-refractivity contribution is 7.89. The Kier molecular flexibility index (Phi) is 3.97. The molecule has 0 aliphatic heterocycles. The monoisotopic (exact) mass is 278 g/mol. The molecule has 0 amide bonds. The molecular weight excluding hydrogens is 262 g/mol. The molecule has 0 spiro atoms. The smallest absolute Gasteiger partial charge is 0.243 e. The molecule has 0 saturated heterocycles. The number of sulfonamides is 1. The third kappa shape index (κ3) is 3.39. The minimum absolute atomic E-state index is 0.131. The molecule has 0 aliphatic rings. The highest BCUT2D eigenvalue weighted by Crippen LogP contribution is 2.23. The van der Waals surface area contributed by atoms with Gasteiger partial charge in [-0.3, -0.25) is 0 Å². The summed E-state index contributed by atoms with van der Waals surface area (Å²) < 4.78 is 52.5. The van der Waals surface area contributed by atoms with Crippen LogP contribution >= 0.6 is 0 Å². The van der Waals surface area contributed by atoms with Crippen molar-refractivity contribution in [1.29, 1.82) is 0 Å². The second-order valence-corrected chi connectivity index (χ2v) is 6.89.